The van der Waals surface area contributed by atoms with Gasteiger partial charge in [0.1, 0.15) is 0 Å². The Kier molecular flexibility index (Phi) is 5.61. The monoisotopic (exact) mass is 350 g/mol. The first-order valence-electron chi connectivity index (χ1n) is 8.52. The number of nitrogens with one attached hydrogen (secondary N) is 1. The highest BCUT2D eigenvalue weighted by Crippen LogP contribution is 2.25. The SMILES string of the molecule is CC(C)c1cnc(NC(=O)c2ccccc2CCc2ccccc2)s1. The minimum Gasteiger partial charge on any atom is -0.298 e. The van der Waals surface area contributed by atoms with Crippen molar-refractivity contribution in [2.24, 2.45) is 0 Å². The summed E-state index contributed by atoms with van der Waals surface area (Å²) in [7, 11) is 0. The molecule has 0 unspecified atom stereocenters. The molecule has 3 nitrogen and oxygen atoms in total. The van der Waals surface area contributed by atoms with Crippen molar-refractivity contribution in [3.05, 3.63) is 82.4 Å². The van der Waals surface area contributed by atoms with E-state index in [9.17, 15) is 4.79 Å². The van der Waals surface area contributed by atoms with Gasteiger partial charge in [-0.05, 0) is 36.0 Å². The second-order valence-electron chi connectivity index (χ2n) is 6.32. The van der Waals surface area contributed by atoms with E-state index in [2.05, 4.69) is 36.3 Å². The lowest BCUT2D eigenvalue weighted by atomic mass is 9.99. The molecule has 128 valence electrons. The minimum absolute atomic E-state index is 0.0895. The summed E-state index contributed by atoms with van der Waals surface area (Å²) in [4.78, 5) is 18.2. The Balaban J connectivity index is 1.71. The average molecular weight is 350 g/mol. The highest BCUT2D eigenvalue weighted by Gasteiger charge is 2.13. The maximum atomic E-state index is 12.7. The molecule has 0 bridgehead atoms. The van der Waals surface area contributed by atoms with E-state index in [1.54, 1.807) is 0 Å². The maximum Gasteiger partial charge on any atom is 0.257 e. The van der Waals surface area contributed by atoms with Gasteiger partial charge < -0.3 is 0 Å². The Morgan fingerprint density at radius 2 is 1.76 bits per heavy atom. The standard InChI is InChI=1S/C21H22N2OS/c1-15(2)19-14-22-21(25-19)23-20(24)18-11-7-6-10-17(18)13-12-16-8-4-3-5-9-16/h3-11,14-15H,12-13H2,1-2H3,(H,22,23,24). The van der Waals surface area contributed by atoms with Gasteiger partial charge in [-0.15, -0.1) is 11.3 Å². The van der Waals surface area contributed by atoms with Crippen LogP contribution in [0.4, 0.5) is 5.13 Å². The molecule has 2 aromatic carbocycles. The first kappa shape index (κ1) is 17.4. The summed E-state index contributed by atoms with van der Waals surface area (Å²) in [5.41, 5.74) is 3.06. The van der Waals surface area contributed by atoms with Crippen molar-refractivity contribution < 1.29 is 4.79 Å². The van der Waals surface area contributed by atoms with Crippen molar-refractivity contribution in [3.63, 3.8) is 0 Å². The van der Waals surface area contributed by atoms with Crippen LogP contribution in [0.5, 0.6) is 0 Å². The van der Waals surface area contributed by atoms with Crippen molar-refractivity contribution in [2.75, 3.05) is 5.32 Å². The Labute approximate surface area is 152 Å². The average Bonchev–Trinajstić information content (AvgIpc) is 3.10. The van der Waals surface area contributed by atoms with E-state index in [1.165, 1.54) is 21.8 Å². The van der Waals surface area contributed by atoms with Gasteiger partial charge in [-0.1, -0.05) is 62.4 Å². The van der Waals surface area contributed by atoms with Crippen molar-refractivity contribution >= 4 is 22.4 Å². The van der Waals surface area contributed by atoms with Crippen LogP contribution >= 0.6 is 11.3 Å². The molecule has 1 N–H and O–H groups in total. The molecule has 0 saturated carbocycles. The zero-order chi connectivity index (χ0) is 17.6. The van der Waals surface area contributed by atoms with Crippen LogP contribution in [0, 0.1) is 0 Å². The van der Waals surface area contributed by atoms with E-state index in [1.807, 2.05) is 48.7 Å². The third-order valence-corrected chi connectivity index (χ3v) is 5.31. The van der Waals surface area contributed by atoms with Crippen LogP contribution < -0.4 is 5.32 Å². The van der Waals surface area contributed by atoms with Crippen LogP contribution in [-0.2, 0) is 12.8 Å². The molecule has 0 saturated heterocycles. The summed E-state index contributed by atoms with van der Waals surface area (Å²) in [6, 6.07) is 18.1. The maximum absolute atomic E-state index is 12.7. The lowest BCUT2D eigenvalue weighted by Gasteiger charge is -2.09. The Morgan fingerprint density at radius 1 is 1.04 bits per heavy atom. The zero-order valence-electron chi connectivity index (χ0n) is 14.5. The summed E-state index contributed by atoms with van der Waals surface area (Å²) < 4.78 is 0. The van der Waals surface area contributed by atoms with Crippen LogP contribution in [0.15, 0.2) is 60.8 Å². The molecule has 1 amide bonds. The number of rotatable bonds is 6. The highest BCUT2D eigenvalue weighted by molar-refractivity contribution is 7.15. The highest BCUT2D eigenvalue weighted by atomic mass is 32.1. The summed E-state index contributed by atoms with van der Waals surface area (Å²) in [5.74, 6) is 0.328. The fraction of sp³-hybridized carbons (Fsp3) is 0.238. The largest absolute Gasteiger partial charge is 0.298 e. The fourth-order valence-electron chi connectivity index (χ4n) is 2.66. The molecule has 0 spiro atoms. The van der Waals surface area contributed by atoms with Gasteiger partial charge in [-0.3, -0.25) is 10.1 Å². The second kappa shape index (κ2) is 8.08. The molecule has 0 atom stereocenters. The topological polar surface area (TPSA) is 42.0 Å². The number of aryl methyl sites for hydroxylation is 2. The predicted molar refractivity (Wildman–Crippen MR) is 104 cm³/mol. The molecule has 1 heterocycles. The molecule has 3 aromatic rings. The van der Waals surface area contributed by atoms with Gasteiger partial charge in [0.2, 0.25) is 0 Å². The summed E-state index contributed by atoms with van der Waals surface area (Å²) in [5, 5.41) is 3.60. The smallest absolute Gasteiger partial charge is 0.257 e. The van der Waals surface area contributed by atoms with Gasteiger partial charge in [-0.2, -0.15) is 0 Å². The molecule has 0 aliphatic rings. The van der Waals surface area contributed by atoms with Gasteiger partial charge in [-0.25, -0.2) is 4.98 Å². The normalized spacial score (nSPS) is 10.8. The van der Waals surface area contributed by atoms with Crippen molar-refractivity contribution in [1.29, 1.82) is 0 Å². The summed E-state index contributed by atoms with van der Waals surface area (Å²) in [6.45, 7) is 4.25. The molecule has 4 heteroatoms. The van der Waals surface area contributed by atoms with Crippen LogP contribution in [0.25, 0.3) is 0 Å². The summed E-state index contributed by atoms with van der Waals surface area (Å²) >= 11 is 1.54. The number of amides is 1. The molecule has 1 aromatic heterocycles. The number of benzene rings is 2. The molecule has 0 radical (unpaired) electrons. The molecule has 25 heavy (non-hydrogen) atoms. The second-order valence-corrected chi connectivity index (χ2v) is 7.38. The van der Waals surface area contributed by atoms with Crippen LogP contribution in [-0.4, -0.2) is 10.9 Å². The lowest BCUT2D eigenvalue weighted by Crippen LogP contribution is -2.14. The minimum atomic E-state index is -0.0895. The first-order chi connectivity index (χ1) is 12.1. The number of nitrogens with zero attached hydrogens (tertiary/aromatic N) is 1. The van der Waals surface area contributed by atoms with E-state index in [4.69, 9.17) is 0 Å². The number of hydrogen-bond acceptors (Lipinski definition) is 3. The van der Waals surface area contributed by atoms with Crippen molar-refractivity contribution in [2.45, 2.75) is 32.6 Å². The Bertz CT molecular complexity index is 840. The number of thiazole rings is 1. The third kappa shape index (κ3) is 4.54. The molecule has 0 fully saturated rings. The predicted octanol–water partition coefficient (Wildman–Crippen LogP) is 5.30. The number of anilines is 1. The first-order valence-corrected chi connectivity index (χ1v) is 9.34. The number of carbonyl (C=O) groups is 1. The van der Waals surface area contributed by atoms with E-state index in [-0.39, 0.29) is 5.91 Å². The van der Waals surface area contributed by atoms with E-state index in [0.29, 0.717) is 11.0 Å². The van der Waals surface area contributed by atoms with Gasteiger partial charge >= 0.3 is 0 Å². The van der Waals surface area contributed by atoms with E-state index >= 15 is 0 Å². The molecule has 3 rings (SSSR count). The number of hydrogen-bond donors (Lipinski definition) is 1. The van der Waals surface area contributed by atoms with E-state index < -0.39 is 0 Å². The Hall–Kier alpha value is -2.46. The number of carbonyl (C=O) groups excluding carboxylic acids is 1. The lowest BCUT2D eigenvalue weighted by molar-refractivity contribution is 0.102. The molecule has 0 aliphatic heterocycles. The van der Waals surface area contributed by atoms with Gasteiger partial charge in [0.15, 0.2) is 5.13 Å². The molecular formula is C21H22N2OS. The van der Waals surface area contributed by atoms with Gasteiger partial charge in [0.05, 0.1) is 0 Å². The fourth-order valence-corrected chi connectivity index (χ4v) is 3.47. The van der Waals surface area contributed by atoms with E-state index in [0.717, 1.165) is 24.0 Å². The Morgan fingerprint density at radius 3 is 2.48 bits per heavy atom. The van der Waals surface area contributed by atoms with Crippen LogP contribution in [0.2, 0.25) is 0 Å². The van der Waals surface area contributed by atoms with Crippen LogP contribution in [0.1, 0.15) is 46.1 Å². The molecule has 0 aliphatic carbocycles. The van der Waals surface area contributed by atoms with Crippen LogP contribution in [0.3, 0.4) is 0 Å². The quantitative estimate of drug-likeness (QED) is 0.655. The summed E-state index contributed by atoms with van der Waals surface area (Å²) in [6.07, 6.45) is 3.59. The van der Waals surface area contributed by atoms with Crippen molar-refractivity contribution in [3.8, 4) is 0 Å². The molecular weight excluding hydrogens is 328 g/mol. The third-order valence-electron chi connectivity index (χ3n) is 4.10. The van der Waals surface area contributed by atoms with Gasteiger partial charge in [0, 0.05) is 16.6 Å². The zero-order valence-corrected chi connectivity index (χ0v) is 15.3. The van der Waals surface area contributed by atoms with Gasteiger partial charge in [0.25, 0.3) is 5.91 Å². The number of aromatic nitrogens is 1. The van der Waals surface area contributed by atoms with Crippen molar-refractivity contribution in [1.82, 2.24) is 4.98 Å².